The first kappa shape index (κ1) is 30.3. The van der Waals surface area contributed by atoms with E-state index >= 15 is 0 Å². The van der Waals surface area contributed by atoms with Crippen LogP contribution in [0.3, 0.4) is 0 Å². The second kappa shape index (κ2) is 13.1. The van der Waals surface area contributed by atoms with Crippen LogP contribution >= 0.6 is 0 Å². The Hall–Kier alpha value is -3.88. The zero-order valence-corrected chi connectivity index (χ0v) is 20.1. The van der Waals surface area contributed by atoms with Crippen LogP contribution in [0.4, 0.5) is 32.3 Å². The Labute approximate surface area is 212 Å². The number of aromatic nitrogens is 3. The normalized spacial score (nSPS) is 14.2. The Morgan fingerprint density at radius 1 is 0.895 bits per heavy atom. The molecule has 3 aromatic rings. The van der Waals surface area contributed by atoms with Crippen LogP contribution in [0.5, 0.6) is 0 Å². The molecule has 208 valence electrons. The first-order valence-corrected chi connectivity index (χ1v) is 11.1. The third kappa shape index (κ3) is 9.21. The molecule has 1 fully saturated rings. The van der Waals surface area contributed by atoms with Crippen LogP contribution in [0.15, 0.2) is 42.7 Å². The lowest BCUT2D eigenvalue weighted by Crippen LogP contribution is -2.47. The van der Waals surface area contributed by atoms with Crippen LogP contribution in [0.1, 0.15) is 11.3 Å². The van der Waals surface area contributed by atoms with Gasteiger partial charge in [-0.15, -0.1) is 0 Å². The van der Waals surface area contributed by atoms with Gasteiger partial charge in [0.05, 0.1) is 0 Å². The van der Waals surface area contributed by atoms with Gasteiger partial charge < -0.3 is 20.1 Å². The Kier molecular flexibility index (Phi) is 10.4. The monoisotopic (exact) mass is 549 g/mol. The maximum atomic E-state index is 10.6. The van der Waals surface area contributed by atoms with Gasteiger partial charge in [-0.05, 0) is 31.0 Å². The number of carboxylic acids is 2. The second-order valence-corrected chi connectivity index (χ2v) is 8.01. The van der Waals surface area contributed by atoms with E-state index in [0.717, 1.165) is 45.1 Å². The average Bonchev–Trinajstić information content (AvgIpc) is 3.18. The summed E-state index contributed by atoms with van der Waals surface area (Å²) in [7, 11) is 0. The van der Waals surface area contributed by atoms with Crippen molar-refractivity contribution in [1.82, 2.24) is 19.9 Å². The first-order valence-electron chi connectivity index (χ1n) is 11.1. The van der Waals surface area contributed by atoms with Crippen molar-refractivity contribution in [2.45, 2.75) is 25.7 Å². The SMILES string of the molecule is Cc1[nH]c2ccccc2c1CCN1CCN(c2ncccn2)CC1.O=C(O)C(F)(F)F.O=C(O)C(F)(F)F. The highest BCUT2D eigenvalue weighted by atomic mass is 19.4. The number of H-pyrrole nitrogens is 1. The number of piperazine rings is 1. The fraction of sp³-hybridized carbons (Fsp3) is 0.391. The van der Waals surface area contributed by atoms with Gasteiger partial charge in [0.25, 0.3) is 0 Å². The zero-order valence-electron chi connectivity index (χ0n) is 20.1. The molecule has 0 spiro atoms. The Morgan fingerprint density at radius 2 is 1.39 bits per heavy atom. The molecule has 3 heterocycles. The first-order chi connectivity index (χ1) is 17.7. The topological polar surface area (TPSA) is 123 Å². The molecule has 0 radical (unpaired) electrons. The molecule has 1 saturated heterocycles. The third-order valence-corrected chi connectivity index (χ3v) is 5.40. The van der Waals surface area contributed by atoms with E-state index in [1.807, 2.05) is 18.5 Å². The minimum atomic E-state index is -5.08. The summed E-state index contributed by atoms with van der Waals surface area (Å²) in [5, 5.41) is 15.6. The number of hydrogen-bond donors (Lipinski definition) is 3. The Balaban J connectivity index is 0.000000301. The van der Waals surface area contributed by atoms with Crippen molar-refractivity contribution in [2.24, 2.45) is 0 Å². The predicted molar refractivity (Wildman–Crippen MR) is 125 cm³/mol. The maximum Gasteiger partial charge on any atom is 0.490 e. The number of nitrogens with zero attached hydrogens (tertiary/aromatic N) is 4. The Bertz CT molecular complexity index is 1170. The van der Waals surface area contributed by atoms with Gasteiger partial charge in [0.1, 0.15) is 0 Å². The van der Waals surface area contributed by atoms with E-state index in [1.54, 1.807) is 0 Å². The molecule has 15 heteroatoms. The largest absolute Gasteiger partial charge is 0.490 e. The van der Waals surface area contributed by atoms with Crippen molar-refractivity contribution >= 4 is 28.8 Å². The summed E-state index contributed by atoms with van der Waals surface area (Å²) in [4.78, 5) is 34.8. The standard InChI is InChI=1S/C19H23N5.2C2HF3O2/c1-15-16(17-5-2-3-6-18(17)22-15)7-10-23-11-13-24(14-12-23)19-20-8-4-9-21-19;2*3-2(4,5)1(6)7/h2-6,8-9,22H,7,10-14H2,1H3;2*(H,6,7). The average molecular weight is 549 g/mol. The van der Waals surface area contributed by atoms with Gasteiger partial charge in [0.2, 0.25) is 5.95 Å². The minimum absolute atomic E-state index is 0.852. The second-order valence-electron chi connectivity index (χ2n) is 8.01. The van der Waals surface area contributed by atoms with E-state index in [2.05, 4.69) is 55.9 Å². The number of carboxylic acid groups (broad SMARTS) is 2. The highest BCUT2D eigenvalue weighted by Gasteiger charge is 2.38. The number of benzene rings is 1. The third-order valence-electron chi connectivity index (χ3n) is 5.40. The molecule has 4 rings (SSSR count). The lowest BCUT2D eigenvalue weighted by Gasteiger charge is -2.34. The molecule has 0 atom stereocenters. The van der Waals surface area contributed by atoms with Crippen LogP contribution < -0.4 is 4.90 Å². The lowest BCUT2D eigenvalue weighted by atomic mass is 10.1. The number of halogens is 6. The van der Waals surface area contributed by atoms with E-state index in [4.69, 9.17) is 19.8 Å². The van der Waals surface area contributed by atoms with Crippen LogP contribution in [0, 0.1) is 6.92 Å². The lowest BCUT2D eigenvalue weighted by molar-refractivity contribution is -0.193. The molecule has 9 nitrogen and oxygen atoms in total. The molecule has 1 aromatic carbocycles. The number of hydrogen-bond acceptors (Lipinski definition) is 6. The highest BCUT2D eigenvalue weighted by Crippen LogP contribution is 2.23. The number of para-hydroxylation sites is 1. The summed E-state index contributed by atoms with van der Waals surface area (Å²) in [5.41, 5.74) is 4.00. The van der Waals surface area contributed by atoms with Gasteiger partial charge >= 0.3 is 24.3 Å². The molecular weight excluding hydrogens is 524 g/mol. The molecule has 0 bridgehead atoms. The summed E-state index contributed by atoms with van der Waals surface area (Å²) in [5.74, 6) is -4.66. The molecule has 1 aliphatic rings. The summed E-state index contributed by atoms with van der Waals surface area (Å²) >= 11 is 0. The zero-order chi connectivity index (χ0) is 28.5. The Morgan fingerprint density at radius 3 is 1.89 bits per heavy atom. The van der Waals surface area contributed by atoms with Crippen molar-refractivity contribution in [3.05, 3.63) is 54.0 Å². The van der Waals surface area contributed by atoms with Crippen molar-refractivity contribution in [3.63, 3.8) is 0 Å². The summed E-state index contributed by atoms with van der Waals surface area (Å²) in [6.45, 7) is 7.42. The quantitative estimate of drug-likeness (QED) is 0.419. The number of fused-ring (bicyclic) bond motifs is 1. The van der Waals surface area contributed by atoms with E-state index in [-0.39, 0.29) is 0 Å². The minimum Gasteiger partial charge on any atom is -0.475 e. The summed E-state index contributed by atoms with van der Waals surface area (Å²) in [6.07, 6.45) is -5.44. The van der Waals surface area contributed by atoms with Gasteiger partial charge in [0, 0.05) is 61.7 Å². The number of rotatable bonds is 4. The molecule has 2 aromatic heterocycles. The molecule has 0 saturated carbocycles. The molecule has 0 aliphatic carbocycles. The van der Waals surface area contributed by atoms with Gasteiger partial charge in [0.15, 0.2) is 0 Å². The van der Waals surface area contributed by atoms with Gasteiger partial charge in [-0.2, -0.15) is 26.3 Å². The van der Waals surface area contributed by atoms with Crippen LogP contribution in [0.25, 0.3) is 10.9 Å². The smallest absolute Gasteiger partial charge is 0.475 e. The number of carbonyl (C=O) groups is 2. The van der Waals surface area contributed by atoms with E-state index in [9.17, 15) is 26.3 Å². The number of aromatic amines is 1. The molecule has 0 amide bonds. The summed E-state index contributed by atoms with van der Waals surface area (Å²) < 4.78 is 63.5. The van der Waals surface area contributed by atoms with Gasteiger partial charge in [-0.25, -0.2) is 19.6 Å². The molecule has 0 unspecified atom stereocenters. The molecular formula is C23H25F6N5O4. The van der Waals surface area contributed by atoms with Crippen LogP contribution in [-0.2, 0) is 16.0 Å². The van der Waals surface area contributed by atoms with E-state index in [1.165, 1.54) is 22.2 Å². The van der Waals surface area contributed by atoms with Crippen molar-refractivity contribution in [1.29, 1.82) is 0 Å². The van der Waals surface area contributed by atoms with Gasteiger partial charge in [-0.1, -0.05) is 18.2 Å². The molecule has 1 aliphatic heterocycles. The van der Waals surface area contributed by atoms with Crippen molar-refractivity contribution in [3.8, 4) is 0 Å². The van der Waals surface area contributed by atoms with Crippen LogP contribution in [-0.4, -0.2) is 87.1 Å². The fourth-order valence-corrected chi connectivity index (χ4v) is 3.55. The van der Waals surface area contributed by atoms with E-state index < -0.39 is 24.3 Å². The van der Waals surface area contributed by atoms with Crippen molar-refractivity contribution in [2.75, 3.05) is 37.6 Å². The number of nitrogens with one attached hydrogen (secondary N) is 1. The van der Waals surface area contributed by atoms with Crippen LogP contribution in [0.2, 0.25) is 0 Å². The van der Waals surface area contributed by atoms with E-state index in [0.29, 0.717) is 0 Å². The summed E-state index contributed by atoms with van der Waals surface area (Å²) in [6, 6.07) is 10.5. The number of alkyl halides is 6. The number of anilines is 1. The van der Waals surface area contributed by atoms with Gasteiger partial charge in [-0.3, -0.25) is 4.90 Å². The van der Waals surface area contributed by atoms with Crippen molar-refractivity contribution < 1.29 is 46.1 Å². The predicted octanol–water partition coefficient (Wildman–Crippen LogP) is 3.90. The highest BCUT2D eigenvalue weighted by molar-refractivity contribution is 5.84. The fourth-order valence-electron chi connectivity index (χ4n) is 3.55. The maximum absolute atomic E-state index is 10.6. The number of aryl methyl sites for hydroxylation is 1. The molecule has 3 N–H and O–H groups in total. The number of aliphatic carboxylic acids is 2. The molecule has 38 heavy (non-hydrogen) atoms.